The van der Waals surface area contributed by atoms with E-state index in [1.54, 1.807) is 5.57 Å². The summed E-state index contributed by atoms with van der Waals surface area (Å²) in [5.41, 5.74) is 3.74. The third-order valence-corrected chi connectivity index (χ3v) is 9.10. The molecule has 3 unspecified atom stereocenters. The molecule has 0 amide bonds. The Morgan fingerprint density at radius 1 is 1.22 bits per heavy atom. The molecular formula is C26H35I. The van der Waals surface area contributed by atoms with E-state index in [1.807, 2.05) is 6.08 Å². The molecule has 0 aliphatic heterocycles. The largest absolute Gasteiger partial charge is 0.0990 e. The van der Waals surface area contributed by atoms with Crippen LogP contribution in [0.2, 0.25) is 0 Å². The SMILES string of the molecule is C=C/C=C(/I)CC1CC2CC[C@H]([C@H]3C=CC4=C(CCC=C4)C3)CC2C1(C)C. The summed E-state index contributed by atoms with van der Waals surface area (Å²) >= 11 is 2.53. The highest BCUT2D eigenvalue weighted by molar-refractivity contribution is 14.1. The highest BCUT2D eigenvalue weighted by Gasteiger charge is 2.51. The molecule has 4 rings (SSSR count). The molecule has 0 aromatic carbocycles. The van der Waals surface area contributed by atoms with E-state index in [0.717, 1.165) is 29.6 Å². The lowest BCUT2D eigenvalue weighted by molar-refractivity contribution is 0.0896. The van der Waals surface area contributed by atoms with Crippen molar-refractivity contribution in [2.45, 2.75) is 65.2 Å². The van der Waals surface area contributed by atoms with Crippen LogP contribution in [0.3, 0.4) is 0 Å². The molecule has 27 heavy (non-hydrogen) atoms. The zero-order valence-electron chi connectivity index (χ0n) is 17.1. The van der Waals surface area contributed by atoms with Gasteiger partial charge in [0.2, 0.25) is 0 Å². The van der Waals surface area contributed by atoms with Gasteiger partial charge >= 0.3 is 0 Å². The first-order chi connectivity index (χ1) is 13.0. The van der Waals surface area contributed by atoms with Crippen molar-refractivity contribution in [3.63, 3.8) is 0 Å². The van der Waals surface area contributed by atoms with Gasteiger partial charge in [-0.3, -0.25) is 0 Å². The minimum atomic E-state index is 0.477. The second kappa shape index (κ2) is 8.05. The summed E-state index contributed by atoms with van der Waals surface area (Å²) in [6.07, 6.45) is 24.8. The van der Waals surface area contributed by atoms with Crippen molar-refractivity contribution in [2.24, 2.45) is 35.0 Å². The minimum absolute atomic E-state index is 0.477. The molecular weight excluding hydrogens is 439 g/mol. The van der Waals surface area contributed by atoms with Crippen LogP contribution in [-0.4, -0.2) is 0 Å². The van der Waals surface area contributed by atoms with Crippen molar-refractivity contribution < 1.29 is 0 Å². The normalized spacial score (nSPS) is 37.9. The molecule has 0 radical (unpaired) electrons. The average Bonchev–Trinajstić information content (AvgIpc) is 2.91. The first-order valence-corrected chi connectivity index (χ1v) is 12.1. The molecule has 0 bridgehead atoms. The van der Waals surface area contributed by atoms with Gasteiger partial charge in [0.05, 0.1) is 0 Å². The van der Waals surface area contributed by atoms with Crippen LogP contribution in [0.4, 0.5) is 0 Å². The van der Waals surface area contributed by atoms with Crippen LogP contribution in [0.25, 0.3) is 0 Å². The smallest absolute Gasteiger partial charge is 0.00913 e. The van der Waals surface area contributed by atoms with Gasteiger partial charge in [-0.15, -0.1) is 0 Å². The molecule has 146 valence electrons. The first kappa shape index (κ1) is 19.7. The molecule has 0 N–H and O–H groups in total. The number of rotatable bonds is 4. The fourth-order valence-corrected chi connectivity index (χ4v) is 7.41. The van der Waals surface area contributed by atoms with Crippen molar-refractivity contribution in [1.82, 2.24) is 0 Å². The Balaban J connectivity index is 1.44. The van der Waals surface area contributed by atoms with E-state index < -0.39 is 0 Å². The monoisotopic (exact) mass is 474 g/mol. The molecule has 2 saturated carbocycles. The van der Waals surface area contributed by atoms with Crippen molar-refractivity contribution >= 4 is 22.6 Å². The summed E-state index contributed by atoms with van der Waals surface area (Å²) in [4.78, 5) is 0. The van der Waals surface area contributed by atoms with Crippen LogP contribution in [0.5, 0.6) is 0 Å². The lowest BCUT2D eigenvalue weighted by Crippen LogP contribution is -2.34. The summed E-state index contributed by atoms with van der Waals surface area (Å²) in [6, 6.07) is 0. The predicted octanol–water partition coefficient (Wildman–Crippen LogP) is 8.18. The fourth-order valence-electron chi connectivity index (χ4n) is 6.62. The van der Waals surface area contributed by atoms with E-state index in [4.69, 9.17) is 0 Å². The molecule has 0 saturated heterocycles. The maximum absolute atomic E-state index is 3.88. The Morgan fingerprint density at radius 2 is 2.04 bits per heavy atom. The standard InChI is InChI=1S/C26H35I/c1-4-7-24(27)17-23-15-22-13-12-21(16-25(22)26(23,2)3)20-11-10-18-8-5-6-9-19(18)14-20/h4-5,7-8,10-11,20-23,25H,1,6,9,12-17H2,2-3H3/b24-7+/t20-,21-,22?,23?,25?/m0/s1. The second-order valence-corrected chi connectivity index (χ2v) is 11.4. The van der Waals surface area contributed by atoms with Crippen LogP contribution in [0, 0.1) is 35.0 Å². The maximum Gasteiger partial charge on any atom is -0.00913 e. The van der Waals surface area contributed by atoms with Gasteiger partial charge in [0, 0.05) is 0 Å². The van der Waals surface area contributed by atoms with Gasteiger partial charge in [-0.05, 0) is 118 Å². The maximum atomic E-state index is 3.88. The lowest BCUT2D eigenvalue weighted by atomic mass is 9.63. The van der Waals surface area contributed by atoms with Gasteiger partial charge in [-0.1, -0.05) is 62.5 Å². The van der Waals surface area contributed by atoms with E-state index in [1.165, 1.54) is 60.5 Å². The van der Waals surface area contributed by atoms with E-state index in [2.05, 4.69) is 73.4 Å². The highest BCUT2D eigenvalue weighted by Crippen LogP contribution is 2.60. The predicted molar refractivity (Wildman–Crippen MR) is 126 cm³/mol. The fraction of sp³-hybridized carbons (Fsp3) is 0.615. The summed E-state index contributed by atoms with van der Waals surface area (Å²) < 4.78 is 1.48. The van der Waals surface area contributed by atoms with Crippen molar-refractivity contribution in [3.8, 4) is 0 Å². The topological polar surface area (TPSA) is 0 Å². The van der Waals surface area contributed by atoms with E-state index in [9.17, 15) is 0 Å². The van der Waals surface area contributed by atoms with Crippen molar-refractivity contribution in [2.75, 3.05) is 0 Å². The van der Waals surface area contributed by atoms with E-state index >= 15 is 0 Å². The van der Waals surface area contributed by atoms with Crippen LogP contribution >= 0.6 is 22.6 Å². The number of hydrogen-bond donors (Lipinski definition) is 0. The highest BCUT2D eigenvalue weighted by atomic mass is 127. The Kier molecular flexibility index (Phi) is 5.88. The summed E-state index contributed by atoms with van der Waals surface area (Å²) in [7, 11) is 0. The first-order valence-electron chi connectivity index (χ1n) is 11.0. The van der Waals surface area contributed by atoms with E-state index in [0.29, 0.717) is 5.41 Å². The third kappa shape index (κ3) is 3.95. The quantitative estimate of drug-likeness (QED) is 0.285. The summed E-state index contributed by atoms with van der Waals surface area (Å²) in [5, 5.41) is 0. The Bertz CT molecular complexity index is 702. The molecule has 0 aromatic rings. The third-order valence-electron chi connectivity index (χ3n) is 8.30. The van der Waals surface area contributed by atoms with Crippen LogP contribution < -0.4 is 0 Å². The molecule has 5 atom stereocenters. The number of halogens is 1. The van der Waals surface area contributed by atoms with Crippen LogP contribution in [-0.2, 0) is 0 Å². The lowest BCUT2D eigenvalue weighted by Gasteiger charge is -2.42. The molecule has 2 fully saturated rings. The zero-order valence-corrected chi connectivity index (χ0v) is 19.3. The molecule has 0 heterocycles. The molecule has 0 aromatic heterocycles. The van der Waals surface area contributed by atoms with Gasteiger partial charge in [-0.2, -0.15) is 0 Å². The van der Waals surface area contributed by atoms with Crippen LogP contribution in [0.1, 0.15) is 65.2 Å². The minimum Gasteiger partial charge on any atom is -0.0990 e. The number of allylic oxidation sites excluding steroid dienone is 9. The molecule has 0 spiro atoms. The van der Waals surface area contributed by atoms with Gasteiger partial charge in [-0.25, -0.2) is 0 Å². The second-order valence-electron chi connectivity index (χ2n) is 9.97. The van der Waals surface area contributed by atoms with Crippen molar-refractivity contribution in [3.05, 3.63) is 57.8 Å². The Morgan fingerprint density at radius 3 is 2.85 bits per heavy atom. The van der Waals surface area contributed by atoms with Gasteiger partial charge in [0.1, 0.15) is 0 Å². The molecule has 4 aliphatic carbocycles. The molecule has 4 aliphatic rings. The zero-order chi connectivity index (χ0) is 19.0. The van der Waals surface area contributed by atoms with Gasteiger partial charge < -0.3 is 0 Å². The van der Waals surface area contributed by atoms with Gasteiger partial charge in [0.15, 0.2) is 0 Å². The molecule has 1 heteroatoms. The van der Waals surface area contributed by atoms with E-state index in [-0.39, 0.29) is 0 Å². The van der Waals surface area contributed by atoms with Crippen LogP contribution in [0.15, 0.2) is 57.8 Å². The molecule has 0 nitrogen and oxygen atoms in total. The summed E-state index contributed by atoms with van der Waals surface area (Å²) in [6.45, 7) is 9.03. The summed E-state index contributed by atoms with van der Waals surface area (Å²) in [5.74, 6) is 4.43. The Hall–Kier alpha value is -0.570. The number of fused-ring (bicyclic) bond motifs is 1. The van der Waals surface area contributed by atoms with Crippen molar-refractivity contribution in [1.29, 1.82) is 0 Å². The number of hydrogen-bond acceptors (Lipinski definition) is 0. The average molecular weight is 474 g/mol. The Labute approximate surface area is 180 Å². The van der Waals surface area contributed by atoms with Gasteiger partial charge in [0.25, 0.3) is 0 Å².